The third kappa shape index (κ3) is 4.97. The van der Waals surface area contributed by atoms with Crippen LogP contribution in [0, 0.1) is 3.57 Å². The number of carbonyl (C=O) groups is 2. The number of rotatable bonds is 7. The first kappa shape index (κ1) is 21.3. The normalized spacial score (nSPS) is 10.4. The van der Waals surface area contributed by atoms with Crippen molar-refractivity contribution in [3.8, 4) is 16.9 Å². The molecule has 0 radical (unpaired) electrons. The molecule has 150 valence electrons. The molecule has 0 saturated carbocycles. The van der Waals surface area contributed by atoms with E-state index in [1.807, 2.05) is 54.8 Å². The van der Waals surface area contributed by atoms with E-state index in [1.54, 1.807) is 13.0 Å². The Kier molecular flexibility index (Phi) is 7.27. The number of ether oxygens (including phenoxy) is 2. The summed E-state index contributed by atoms with van der Waals surface area (Å²) in [6.07, 6.45) is 0. The van der Waals surface area contributed by atoms with Crippen LogP contribution >= 0.6 is 33.9 Å². The van der Waals surface area contributed by atoms with Crippen molar-refractivity contribution in [3.63, 3.8) is 0 Å². The lowest BCUT2D eigenvalue weighted by molar-refractivity contribution is 0.0529. The summed E-state index contributed by atoms with van der Waals surface area (Å²) in [6.45, 7) is 4.52. The Morgan fingerprint density at radius 1 is 1.03 bits per heavy atom. The van der Waals surface area contributed by atoms with E-state index < -0.39 is 5.97 Å². The summed E-state index contributed by atoms with van der Waals surface area (Å²) < 4.78 is 11.6. The van der Waals surface area contributed by atoms with Crippen LogP contribution in [0.2, 0.25) is 0 Å². The number of nitrogens with one attached hydrogen (secondary N) is 1. The number of hydrogen-bond donors (Lipinski definition) is 1. The van der Waals surface area contributed by atoms with E-state index >= 15 is 0 Å². The molecule has 1 amide bonds. The van der Waals surface area contributed by atoms with Gasteiger partial charge in [-0.1, -0.05) is 24.3 Å². The second kappa shape index (κ2) is 9.89. The number of hydrogen-bond acceptors (Lipinski definition) is 5. The molecule has 0 aliphatic rings. The summed E-state index contributed by atoms with van der Waals surface area (Å²) in [7, 11) is 0. The minimum atomic E-state index is -0.462. The van der Waals surface area contributed by atoms with Gasteiger partial charge in [0.15, 0.2) is 0 Å². The van der Waals surface area contributed by atoms with Crippen LogP contribution in [0.3, 0.4) is 0 Å². The molecule has 7 heteroatoms. The van der Waals surface area contributed by atoms with E-state index in [4.69, 9.17) is 9.47 Å². The van der Waals surface area contributed by atoms with Gasteiger partial charge in [0.2, 0.25) is 0 Å². The van der Waals surface area contributed by atoms with Crippen molar-refractivity contribution < 1.29 is 19.1 Å². The van der Waals surface area contributed by atoms with Crippen LogP contribution in [0.15, 0.2) is 53.9 Å². The van der Waals surface area contributed by atoms with Gasteiger partial charge in [-0.05, 0) is 66.3 Å². The molecule has 1 N–H and O–H groups in total. The van der Waals surface area contributed by atoms with Crippen LogP contribution in [0.5, 0.6) is 5.75 Å². The fraction of sp³-hybridized carbons (Fsp3) is 0.182. The van der Waals surface area contributed by atoms with Gasteiger partial charge in [0.05, 0.1) is 18.8 Å². The molecule has 5 nitrogen and oxygen atoms in total. The molecular weight excluding hydrogens is 501 g/mol. The maximum atomic E-state index is 12.8. The first-order valence-corrected chi connectivity index (χ1v) is 11.1. The summed E-state index contributed by atoms with van der Waals surface area (Å²) in [5.41, 5.74) is 2.48. The maximum absolute atomic E-state index is 12.8. The van der Waals surface area contributed by atoms with Crippen LogP contribution in [-0.2, 0) is 4.74 Å². The summed E-state index contributed by atoms with van der Waals surface area (Å²) in [5.74, 6) is 0.0349. The number of amides is 1. The lowest BCUT2D eigenvalue weighted by Crippen LogP contribution is -2.15. The fourth-order valence-corrected chi connectivity index (χ4v) is 4.37. The molecule has 0 fully saturated rings. The van der Waals surface area contributed by atoms with Gasteiger partial charge in [0.25, 0.3) is 5.91 Å². The molecule has 0 aliphatic heterocycles. The quantitative estimate of drug-likeness (QED) is 0.313. The van der Waals surface area contributed by atoms with Gasteiger partial charge >= 0.3 is 5.97 Å². The fourth-order valence-electron chi connectivity index (χ4n) is 2.78. The Balaban J connectivity index is 1.96. The average molecular weight is 521 g/mol. The molecule has 0 spiro atoms. The van der Waals surface area contributed by atoms with Crippen molar-refractivity contribution >= 4 is 50.8 Å². The Labute approximate surface area is 187 Å². The third-order valence-electron chi connectivity index (χ3n) is 4.09. The minimum absolute atomic E-state index is 0.251. The lowest BCUT2D eigenvalue weighted by atomic mass is 10.0. The largest absolute Gasteiger partial charge is 0.494 e. The second-order valence-corrected chi connectivity index (χ2v) is 8.01. The highest BCUT2D eigenvalue weighted by molar-refractivity contribution is 14.1. The number of halogens is 1. The van der Waals surface area contributed by atoms with Crippen molar-refractivity contribution in [3.05, 3.63) is 68.6 Å². The van der Waals surface area contributed by atoms with Crippen molar-refractivity contribution in [2.24, 2.45) is 0 Å². The van der Waals surface area contributed by atoms with Gasteiger partial charge in [0, 0.05) is 14.5 Å². The Morgan fingerprint density at radius 2 is 1.76 bits per heavy atom. The SMILES string of the molecule is CCOC(=O)c1c(-c2ccc(OCC)cc2)csc1NC(=O)c1ccccc1I. The van der Waals surface area contributed by atoms with Crippen LogP contribution < -0.4 is 10.1 Å². The van der Waals surface area contributed by atoms with E-state index in [9.17, 15) is 9.59 Å². The van der Waals surface area contributed by atoms with Crippen LogP contribution in [0.25, 0.3) is 11.1 Å². The molecule has 3 rings (SSSR count). The number of benzene rings is 2. The van der Waals surface area contributed by atoms with Crippen molar-refractivity contribution in [1.82, 2.24) is 0 Å². The Bertz CT molecular complexity index is 1010. The van der Waals surface area contributed by atoms with Crippen LogP contribution in [-0.4, -0.2) is 25.1 Å². The Hall–Kier alpha value is -2.39. The summed E-state index contributed by atoms with van der Waals surface area (Å²) >= 11 is 3.42. The van der Waals surface area contributed by atoms with Crippen molar-refractivity contribution in [2.75, 3.05) is 18.5 Å². The van der Waals surface area contributed by atoms with E-state index in [-0.39, 0.29) is 12.5 Å². The molecular formula is C22H20INO4S. The maximum Gasteiger partial charge on any atom is 0.341 e. The minimum Gasteiger partial charge on any atom is -0.494 e. The van der Waals surface area contributed by atoms with Crippen LogP contribution in [0.1, 0.15) is 34.6 Å². The predicted octanol–water partition coefficient (Wildman–Crippen LogP) is 5.85. The standard InChI is InChI=1S/C22H20INO4S/c1-3-27-15-11-9-14(10-12-15)17-13-29-21(19(17)22(26)28-4-2)24-20(25)16-7-5-6-8-18(16)23/h5-13H,3-4H2,1-2H3,(H,24,25). The van der Waals surface area contributed by atoms with Crippen molar-refractivity contribution in [2.45, 2.75) is 13.8 Å². The summed E-state index contributed by atoms with van der Waals surface area (Å²) in [4.78, 5) is 25.4. The molecule has 0 bridgehead atoms. The number of thiophene rings is 1. The van der Waals surface area contributed by atoms with E-state index in [0.29, 0.717) is 22.7 Å². The van der Waals surface area contributed by atoms with Gasteiger partial charge in [-0.25, -0.2) is 4.79 Å². The van der Waals surface area contributed by atoms with Gasteiger partial charge in [-0.3, -0.25) is 4.79 Å². The van der Waals surface area contributed by atoms with Crippen LogP contribution in [0.4, 0.5) is 5.00 Å². The zero-order valence-corrected chi connectivity index (χ0v) is 19.0. The van der Waals surface area contributed by atoms with Gasteiger partial charge in [-0.15, -0.1) is 11.3 Å². The lowest BCUT2D eigenvalue weighted by Gasteiger charge is -2.10. The monoisotopic (exact) mass is 521 g/mol. The molecule has 1 aromatic heterocycles. The molecule has 1 heterocycles. The first-order chi connectivity index (χ1) is 14.0. The van der Waals surface area contributed by atoms with Gasteiger partial charge < -0.3 is 14.8 Å². The summed E-state index contributed by atoms with van der Waals surface area (Å²) in [6, 6.07) is 14.8. The van der Waals surface area contributed by atoms with Gasteiger partial charge in [0.1, 0.15) is 16.3 Å². The molecule has 29 heavy (non-hydrogen) atoms. The second-order valence-electron chi connectivity index (χ2n) is 5.97. The van der Waals surface area contributed by atoms with E-state index in [1.165, 1.54) is 11.3 Å². The molecule has 0 aliphatic carbocycles. The predicted molar refractivity (Wildman–Crippen MR) is 124 cm³/mol. The van der Waals surface area contributed by atoms with E-state index in [0.717, 1.165) is 20.4 Å². The first-order valence-electron chi connectivity index (χ1n) is 9.12. The van der Waals surface area contributed by atoms with Gasteiger partial charge in [-0.2, -0.15) is 0 Å². The highest BCUT2D eigenvalue weighted by atomic mass is 127. The molecule has 2 aromatic carbocycles. The zero-order valence-electron chi connectivity index (χ0n) is 16.0. The summed E-state index contributed by atoms with van der Waals surface area (Å²) in [5, 5.41) is 5.20. The topological polar surface area (TPSA) is 64.6 Å². The van der Waals surface area contributed by atoms with Crippen molar-refractivity contribution in [1.29, 1.82) is 0 Å². The zero-order chi connectivity index (χ0) is 20.8. The highest BCUT2D eigenvalue weighted by Crippen LogP contribution is 2.37. The smallest absolute Gasteiger partial charge is 0.341 e. The molecule has 0 unspecified atom stereocenters. The number of carbonyl (C=O) groups excluding carboxylic acids is 2. The number of anilines is 1. The third-order valence-corrected chi connectivity index (χ3v) is 5.93. The molecule has 0 atom stereocenters. The molecule has 0 saturated heterocycles. The number of esters is 1. The highest BCUT2D eigenvalue weighted by Gasteiger charge is 2.23. The Morgan fingerprint density at radius 3 is 2.41 bits per heavy atom. The molecule has 3 aromatic rings. The van der Waals surface area contributed by atoms with E-state index in [2.05, 4.69) is 27.9 Å². The average Bonchev–Trinajstić information content (AvgIpc) is 3.13.